The van der Waals surface area contributed by atoms with Gasteiger partial charge in [-0.1, -0.05) is 33.4 Å². The van der Waals surface area contributed by atoms with E-state index in [1.807, 2.05) is 20.8 Å². The van der Waals surface area contributed by atoms with E-state index in [1.54, 1.807) is 18.2 Å². The fourth-order valence-corrected chi connectivity index (χ4v) is 1.61. The quantitative estimate of drug-likeness (QED) is 0.468. The zero-order valence-corrected chi connectivity index (χ0v) is 14.3. The van der Waals surface area contributed by atoms with E-state index in [1.165, 1.54) is 13.2 Å². The molecular formula is C18H22O6. The van der Waals surface area contributed by atoms with Crippen molar-refractivity contribution in [2.24, 2.45) is 5.41 Å². The lowest BCUT2D eigenvalue weighted by Gasteiger charge is -2.20. The molecule has 0 atom stereocenters. The maximum Gasteiger partial charge on any atom is 0.336 e. The Morgan fingerprint density at radius 1 is 1.25 bits per heavy atom. The van der Waals surface area contributed by atoms with E-state index in [0.717, 1.165) is 6.08 Å². The van der Waals surface area contributed by atoms with Gasteiger partial charge in [-0.3, -0.25) is 0 Å². The predicted octanol–water partition coefficient (Wildman–Crippen LogP) is 3.27. The minimum absolute atomic E-state index is 0.283. The van der Waals surface area contributed by atoms with E-state index in [0.29, 0.717) is 22.6 Å². The number of rotatable bonds is 7. The fourth-order valence-electron chi connectivity index (χ4n) is 1.61. The van der Waals surface area contributed by atoms with Crippen LogP contribution in [-0.4, -0.2) is 30.9 Å². The standard InChI is InChI=1S/C18H22O6/c1-12(18(2,3)4)17(21)24-11-23-14-8-6-13(7-9-16(19)20)10-15(14)22-5/h6-10H,1,11H2,2-5H3,(H,19,20)/b9-7+. The molecule has 0 spiro atoms. The van der Waals surface area contributed by atoms with Crippen LogP contribution < -0.4 is 9.47 Å². The van der Waals surface area contributed by atoms with E-state index >= 15 is 0 Å². The van der Waals surface area contributed by atoms with Gasteiger partial charge >= 0.3 is 11.9 Å². The number of esters is 1. The lowest BCUT2D eigenvalue weighted by molar-refractivity contribution is -0.146. The summed E-state index contributed by atoms with van der Waals surface area (Å²) in [4.78, 5) is 22.4. The molecule has 1 N–H and O–H groups in total. The molecule has 0 heterocycles. The first-order valence-electron chi connectivity index (χ1n) is 7.23. The molecule has 6 nitrogen and oxygen atoms in total. The number of aliphatic carboxylic acids is 1. The van der Waals surface area contributed by atoms with Gasteiger partial charge in [0, 0.05) is 11.6 Å². The average Bonchev–Trinajstić information content (AvgIpc) is 2.51. The van der Waals surface area contributed by atoms with Crippen LogP contribution in [0.4, 0.5) is 0 Å². The molecule has 6 heteroatoms. The number of carbonyl (C=O) groups excluding carboxylic acids is 1. The Bertz CT molecular complexity index is 652. The Balaban J connectivity index is 2.70. The maximum atomic E-state index is 11.8. The summed E-state index contributed by atoms with van der Waals surface area (Å²) in [6, 6.07) is 4.88. The van der Waals surface area contributed by atoms with Crippen LogP contribution in [0, 0.1) is 5.41 Å². The summed E-state index contributed by atoms with van der Waals surface area (Å²) in [5.74, 6) is -0.796. The van der Waals surface area contributed by atoms with Gasteiger partial charge in [0.2, 0.25) is 6.79 Å². The summed E-state index contributed by atoms with van der Waals surface area (Å²) in [7, 11) is 1.46. The van der Waals surface area contributed by atoms with Crippen molar-refractivity contribution in [2.75, 3.05) is 13.9 Å². The number of benzene rings is 1. The van der Waals surface area contributed by atoms with E-state index in [9.17, 15) is 9.59 Å². The monoisotopic (exact) mass is 334 g/mol. The van der Waals surface area contributed by atoms with Gasteiger partial charge in [0.25, 0.3) is 0 Å². The molecule has 130 valence electrons. The van der Waals surface area contributed by atoms with Crippen molar-refractivity contribution in [3.8, 4) is 11.5 Å². The highest BCUT2D eigenvalue weighted by molar-refractivity contribution is 5.89. The van der Waals surface area contributed by atoms with Gasteiger partial charge in [0.1, 0.15) is 0 Å². The van der Waals surface area contributed by atoms with Crippen molar-refractivity contribution in [2.45, 2.75) is 20.8 Å². The average molecular weight is 334 g/mol. The predicted molar refractivity (Wildman–Crippen MR) is 89.8 cm³/mol. The third-order valence-corrected chi connectivity index (χ3v) is 3.16. The van der Waals surface area contributed by atoms with E-state index < -0.39 is 11.9 Å². The molecular weight excluding hydrogens is 312 g/mol. The first-order chi connectivity index (χ1) is 11.1. The molecule has 0 unspecified atom stereocenters. The van der Waals surface area contributed by atoms with Crippen LogP contribution >= 0.6 is 0 Å². The van der Waals surface area contributed by atoms with E-state index in [-0.39, 0.29) is 12.2 Å². The van der Waals surface area contributed by atoms with Gasteiger partial charge in [-0.05, 0) is 29.2 Å². The zero-order valence-electron chi connectivity index (χ0n) is 14.3. The molecule has 24 heavy (non-hydrogen) atoms. The number of carbonyl (C=O) groups is 2. The molecule has 0 aliphatic carbocycles. The van der Waals surface area contributed by atoms with Crippen molar-refractivity contribution in [3.05, 3.63) is 42.0 Å². The third-order valence-electron chi connectivity index (χ3n) is 3.16. The Morgan fingerprint density at radius 3 is 2.46 bits per heavy atom. The SMILES string of the molecule is C=C(C(=O)OCOc1ccc(/C=C/C(=O)O)cc1OC)C(C)(C)C. The smallest absolute Gasteiger partial charge is 0.336 e. The molecule has 0 saturated heterocycles. The van der Waals surface area contributed by atoms with Crippen LogP contribution in [0.3, 0.4) is 0 Å². The maximum absolute atomic E-state index is 11.8. The van der Waals surface area contributed by atoms with Gasteiger partial charge in [-0.15, -0.1) is 0 Å². The second-order valence-corrected chi connectivity index (χ2v) is 6.00. The molecule has 1 aromatic rings. The highest BCUT2D eigenvalue weighted by Gasteiger charge is 2.23. The van der Waals surface area contributed by atoms with Crippen LogP contribution in [0.25, 0.3) is 6.08 Å². The summed E-state index contributed by atoms with van der Waals surface area (Å²) >= 11 is 0. The van der Waals surface area contributed by atoms with Crippen molar-refractivity contribution in [3.63, 3.8) is 0 Å². The number of carboxylic acid groups (broad SMARTS) is 1. The van der Waals surface area contributed by atoms with Crippen molar-refractivity contribution < 1.29 is 28.9 Å². The molecule has 0 amide bonds. The Hall–Kier alpha value is -2.76. The van der Waals surface area contributed by atoms with Gasteiger partial charge < -0.3 is 19.3 Å². The number of hydrogen-bond acceptors (Lipinski definition) is 5. The lowest BCUT2D eigenvalue weighted by Crippen LogP contribution is -2.21. The van der Waals surface area contributed by atoms with Gasteiger partial charge in [-0.2, -0.15) is 0 Å². The largest absolute Gasteiger partial charge is 0.493 e. The Labute approximate surface area is 141 Å². The first kappa shape index (κ1) is 19.3. The minimum atomic E-state index is -1.04. The van der Waals surface area contributed by atoms with Crippen LogP contribution in [-0.2, 0) is 14.3 Å². The summed E-state index contributed by atoms with van der Waals surface area (Å²) < 4.78 is 15.6. The topological polar surface area (TPSA) is 82.1 Å². The Morgan fingerprint density at radius 2 is 1.92 bits per heavy atom. The molecule has 0 aliphatic heterocycles. The summed E-state index contributed by atoms with van der Waals surface area (Å²) in [6.07, 6.45) is 2.46. The second-order valence-electron chi connectivity index (χ2n) is 6.00. The number of carboxylic acids is 1. The van der Waals surface area contributed by atoms with Gasteiger partial charge in [0.05, 0.1) is 7.11 Å². The molecule has 0 saturated carbocycles. The van der Waals surface area contributed by atoms with Crippen molar-refractivity contribution in [1.82, 2.24) is 0 Å². The fraction of sp³-hybridized carbons (Fsp3) is 0.333. The number of ether oxygens (including phenoxy) is 3. The normalized spacial score (nSPS) is 11.2. The number of hydrogen-bond donors (Lipinski definition) is 1. The zero-order chi connectivity index (χ0) is 18.3. The second kappa shape index (κ2) is 8.19. The minimum Gasteiger partial charge on any atom is -0.493 e. The highest BCUT2D eigenvalue weighted by Crippen LogP contribution is 2.29. The van der Waals surface area contributed by atoms with Gasteiger partial charge in [0.15, 0.2) is 11.5 Å². The van der Waals surface area contributed by atoms with Crippen LogP contribution in [0.1, 0.15) is 26.3 Å². The van der Waals surface area contributed by atoms with Crippen molar-refractivity contribution >= 4 is 18.0 Å². The highest BCUT2D eigenvalue weighted by atomic mass is 16.7. The van der Waals surface area contributed by atoms with Gasteiger partial charge in [-0.25, -0.2) is 9.59 Å². The third kappa shape index (κ3) is 5.79. The molecule has 0 radical (unpaired) electrons. The summed E-state index contributed by atoms with van der Waals surface area (Å²) in [5.41, 5.74) is 0.610. The van der Waals surface area contributed by atoms with Crippen LogP contribution in [0.15, 0.2) is 36.4 Å². The molecule has 0 bridgehead atoms. The molecule has 0 aliphatic rings. The van der Waals surface area contributed by atoms with Crippen LogP contribution in [0.2, 0.25) is 0 Å². The first-order valence-corrected chi connectivity index (χ1v) is 7.23. The van der Waals surface area contributed by atoms with E-state index in [4.69, 9.17) is 19.3 Å². The number of methoxy groups -OCH3 is 1. The van der Waals surface area contributed by atoms with Crippen LogP contribution in [0.5, 0.6) is 11.5 Å². The molecule has 0 aromatic heterocycles. The molecule has 1 aromatic carbocycles. The Kier molecular flexibility index (Phi) is 6.58. The van der Waals surface area contributed by atoms with Crippen molar-refractivity contribution in [1.29, 1.82) is 0 Å². The summed E-state index contributed by atoms with van der Waals surface area (Å²) in [6.45, 7) is 9.03. The summed E-state index contributed by atoms with van der Waals surface area (Å²) in [5, 5.41) is 8.63. The van der Waals surface area contributed by atoms with E-state index in [2.05, 4.69) is 6.58 Å². The lowest BCUT2D eigenvalue weighted by atomic mass is 9.88. The molecule has 0 fully saturated rings. The molecule has 1 rings (SSSR count).